The Balaban J connectivity index is 0.710. The first-order valence-corrected chi connectivity index (χ1v) is 25.0. The van der Waals surface area contributed by atoms with Crippen molar-refractivity contribution in [2.45, 2.75) is 115 Å². The summed E-state index contributed by atoms with van der Waals surface area (Å²) in [4.78, 5) is 59.5. The first-order chi connectivity index (χ1) is 32.9. The lowest BCUT2D eigenvalue weighted by Gasteiger charge is -2.34. The standard InChI is InChI=1S/C51H65F2N11O4/c1-33(65)61-26-18-42-41(32-61)49(62-21-6-7-36-28-39(37-30-54-57(2)31-37)40(48(52)53)29-45(36)62)56-64(42)38-16-24-60(25-17-38)20-5-4-19-59-22-14-34(15-23-59)8-9-35-10-11-43-46(27-35)58(3)51(68)63(43)44-12-13-47(66)55-50(44)67/h10-11,27-31,34,38,44,48H,4-9,12-26,32H2,1-3H3,(H,55,66,67). The third-order valence-corrected chi connectivity index (χ3v) is 15.7. The average Bonchev–Trinajstić information content (AvgIpc) is 4.02. The van der Waals surface area contributed by atoms with Crippen LogP contribution in [0.1, 0.15) is 118 Å². The van der Waals surface area contributed by atoms with Crippen LogP contribution >= 0.6 is 0 Å². The number of aryl methyl sites for hydroxylation is 4. The van der Waals surface area contributed by atoms with Crippen LogP contribution in [0.4, 0.5) is 20.3 Å². The van der Waals surface area contributed by atoms with Crippen molar-refractivity contribution in [1.82, 2.24) is 48.7 Å². The Morgan fingerprint density at radius 2 is 1.62 bits per heavy atom. The summed E-state index contributed by atoms with van der Waals surface area (Å²) >= 11 is 0. The van der Waals surface area contributed by atoms with E-state index in [1.165, 1.54) is 36.9 Å². The molecule has 1 N–H and O–H groups in total. The number of rotatable bonds is 13. The number of halogens is 2. The fourth-order valence-corrected chi connectivity index (χ4v) is 11.8. The van der Waals surface area contributed by atoms with E-state index >= 15 is 0 Å². The molecule has 362 valence electrons. The molecule has 0 bridgehead atoms. The van der Waals surface area contributed by atoms with Crippen molar-refractivity contribution in [3.8, 4) is 11.1 Å². The van der Waals surface area contributed by atoms with E-state index in [-0.39, 0.29) is 35.5 Å². The minimum atomic E-state index is -2.65. The first kappa shape index (κ1) is 46.1. The average molecular weight is 934 g/mol. The Morgan fingerprint density at radius 1 is 0.868 bits per heavy atom. The van der Waals surface area contributed by atoms with E-state index in [9.17, 15) is 28.0 Å². The Morgan fingerprint density at radius 3 is 2.31 bits per heavy atom. The molecule has 5 aromatic rings. The second kappa shape index (κ2) is 19.4. The van der Waals surface area contributed by atoms with Gasteiger partial charge in [0.1, 0.15) is 6.04 Å². The number of imide groups is 1. The summed E-state index contributed by atoms with van der Waals surface area (Å²) in [5, 5.41) is 12.0. The molecule has 0 spiro atoms. The number of unbranched alkanes of at least 4 members (excludes halogenated alkanes) is 1. The fraction of sp³-hybridized carbons (Fsp3) is 0.569. The first-order valence-electron chi connectivity index (χ1n) is 25.0. The van der Waals surface area contributed by atoms with Crippen LogP contribution in [0.3, 0.4) is 0 Å². The highest BCUT2D eigenvalue weighted by Crippen LogP contribution is 2.44. The molecule has 1 unspecified atom stereocenters. The number of anilines is 2. The quantitative estimate of drug-likeness (QED) is 0.102. The number of hydrogen-bond donors (Lipinski definition) is 1. The van der Waals surface area contributed by atoms with E-state index in [4.69, 9.17) is 5.10 Å². The van der Waals surface area contributed by atoms with Crippen molar-refractivity contribution in [1.29, 1.82) is 0 Å². The summed E-state index contributed by atoms with van der Waals surface area (Å²) in [6.45, 7) is 9.91. The molecule has 2 aromatic carbocycles. The molecule has 3 amide bonds. The van der Waals surface area contributed by atoms with Crippen LogP contribution in [-0.4, -0.2) is 113 Å². The van der Waals surface area contributed by atoms with Crippen molar-refractivity contribution >= 4 is 40.3 Å². The van der Waals surface area contributed by atoms with Gasteiger partial charge in [-0.3, -0.25) is 38.2 Å². The number of carbonyl (C=O) groups excluding carboxylic acids is 3. The van der Waals surface area contributed by atoms with Gasteiger partial charge >= 0.3 is 5.69 Å². The predicted molar refractivity (Wildman–Crippen MR) is 256 cm³/mol. The van der Waals surface area contributed by atoms with E-state index in [2.05, 4.69) is 41.9 Å². The Kier molecular flexibility index (Phi) is 13.1. The normalized spacial score (nSPS) is 20.1. The highest BCUT2D eigenvalue weighted by atomic mass is 19.3. The molecule has 0 aliphatic carbocycles. The van der Waals surface area contributed by atoms with Crippen molar-refractivity contribution in [2.75, 3.05) is 57.3 Å². The molecule has 68 heavy (non-hydrogen) atoms. The number of aromatic nitrogens is 6. The highest BCUT2D eigenvalue weighted by molar-refractivity contribution is 6.00. The molecule has 17 heteroatoms. The number of fused-ring (bicyclic) bond motifs is 3. The molecule has 3 aromatic heterocycles. The van der Waals surface area contributed by atoms with Gasteiger partial charge in [0.2, 0.25) is 17.7 Å². The van der Waals surface area contributed by atoms with Crippen molar-refractivity contribution in [2.24, 2.45) is 20.0 Å². The van der Waals surface area contributed by atoms with Gasteiger partial charge in [-0.2, -0.15) is 10.2 Å². The predicted octanol–water partition coefficient (Wildman–Crippen LogP) is 6.60. The molecule has 8 heterocycles. The maximum Gasteiger partial charge on any atom is 0.329 e. The smallest absolute Gasteiger partial charge is 0.329 e. The zero-order valence-corrected chi connectivity index (χ0v) is 39.8. The van der Waals surface area contributed by atoms with Gasteiger partial charge in [0.15, 0.2) is 5.82 Å². The molecule has 5 aliphatic heterocycles. The maximum atomic E-state index is 14.7. The van der Waals surface area contributed by atoms with Gasteiger partial charge in [-0.05, 0) is 144 Å². The number of amides is 3. The lowest BCUT2D eigenvalue weighted by Crippen LogP contribution is -2.44. The molecular formula is C51H65F2N11O4. The minimum absolute atomic E-state index is 0.00235. The Bertz CT molecular complexity index is 2760. The summed E-state index contributed by atoms with van der Waals surface area (Å²) in [5.41, 5.74) is 7.76. The van der Waals surface area contributed by atoms with Gasteiger partial charge in [-0.15, -0.1) is 0 Å². The van der Waals surface area contributed by atoms with Crippen molar-refractivity contribution < 1.29 is 23.2 Å². The molecule has 10 rings (SSSR count). The van der Waals surface area contributed by atoms with Crippen LogP contribution in [0.5, 0.6) is 0 Å². The zero-order chi connectivity index (χ0) is 47.2. The molecule has 5 aliphatic rings. The largest absolute Gasteiger partial charge is 0.338 e. The van der Waals surface area contributed by atoms with Crippen LogP contribution in [-0.2, 0) is 54.3 Å². The molecule has 0 radical (unpaired) electrons. The molecule has 3 fully saturated rings. The SMILES string of the molecule is CC(=O)N1CCc2c(c(N3CCCc4cc(-c5cnn(C)c5)c(C(F)F)cc43)nn2C2CCN(CCCCN3CCC(CCc4ccc5c(c4)n(C)c(=O)n5C4CCC(=O)NC4=O)CC3)CC2)C1. The van der Waals surface area contributed by atoms with Gasteiger partial charge in [0.25, 0.3) is 6.43 Å². The van der Waals surface area contributed by atoms with Crippen LogP contribution in [0, 0.1) is 5.92 Å². The number of carbonyl (C=O) groups is 3. The number of piperidine rings is 3. The number of nitrogens with one attached hydrogen (secondary N) is 1. The van der Waals surface area contributed by atoms with E-state index in [0.717, 1.165) is 118 Å². The van der Waals surface area contributed by atoms with E-state index < -0.39 is 18.4 Å². The van der Waals surface area contributed by atoms with Crippen molar-refractivity contribution in [3.05, 3.63) is 81.2 Å². The topological polar surface area (TPSA) is 139 Å². The highest BCUT2D eigenvalue weighted by Gasteiger charge is 2.36. The monoisotopic (exact) mass is 934 g/mol. The molecule has 0 saturated carbocycles. The number of likely N-dealkylation sites (tertiary alicyclic amines) is 2. The molecule has 1 atom stereocenters. The number of hydrogen-bond acceptors (Lipinski definition) is 9. The van der Waals surface area contributed by atoms with Crippen molar-refractivity contribution in [3.63, 3.8) is 0 Å². The summed E-state index contributed by atoms with van der Waals surface area (Å²) in [7, 11) is 3.54. The van der Waals surface area contributed by atoms with E-state index in [1.54, 1.807) is 53.3 Å². The summed E-state index contributed by atoms with van der Waals surface area (Å²) in [5.74, 6) is 0.808. The summed E-state index contributed by atoms with van der Waals surface area (Å²) in [6.07, 6.45) is 12.5. The van der Waals surface area contributed by atoms with E-state index in [0.29, 0.717) is 43.1 Å². The number of benzene rings is 2. The number of nitrogens with zero attached hydrogens (tertiary/aromatic N) is 10. The van der Waals surface area contributed by atoms with Gasteiger partial charge in [-0.25, -0.2) is 13.6 Å². The van der Waals surface area contributed by atoms with Crippen LogP contribution in [0.25, 0.3) is 22.2 Å². The number of imidazole rings is 1. The Labute approximate surface area is 396 Å². The number of alkyl halides is 2. The molecular weight excluding hydrogens is 869 g/mol. The van der Waals surface area contributed by atoms with Gasteiger partial charge in [-0.1, -0.05) is 6.07 Å². The Hall–Kier alpha value is -5.68. The van der Waals surface area contributed by atoms with Crippen LogP contribution in [0.15, 0.2) is 47.5 Å². The van der Waals surface area contributed by atoms with Crippen LogP contribution in [0.2, 0.25) is 0 Å². The third kappa shape index (κ3) is 9.15. The fourth-order valence-electron chi connectivity index (χ4n) is 11.8. The minimum Gasteiger partial charge on any atom is -0.338 e. The van der Waals surface area contributed by atoms with Gasteiger partial charge in [0.05, 0.1) is 29.8 Å². The molecule has 3 saturated heterocycles. The second-order valence-electron chi connectivity index (χ2n) is 20.0. The summed E-state index contributed by atoms with van der Waals surface area (Å²) in [6, 6.07) is 9.30. The van der Waals surface area contributed by atoms with Gasteiger partial charge < -0.3 is 19.6 Å². The van der Waals surface area contributed by atoms with Crippen LogP contribution < -0.4 is 15.9 Å². The maximum absolute atomic E-state index is 14.7. The van der Waals surface area contributed by atoms with E-state index in [1.807, 2.05) is 17.0 Å². The second-order valence-corrected chi connectivity index (χ2v) is 20.0. The lowest BCUT2D eigenvalue weighted by molar-refractivity contribution is -0.135. The lowest BCUT2D eigenvalue weighted by atomic mass is 9.90. The molecule has 15 nitrogen and oxygen atoms in total. The van der Waals surface area contributed by atoms with Gasteiger partial charge in [0, 0.05) is 94.3 Å². The summed E-state index contributed by atoms with van der Waals surface area (Å²) < 4.78 is 36.5. The zero-order valence-electron chi connectivity index (χ0n) is 39.8. The third-order valence-electron chi connectivity index (χ3n) is 15.7.